The summed E-state index contributed by atoms with van der Waals surface area (Å²) in [6.07, 6.45) is 0. The number of benzene rings is 3. The van der Waals surface area contributed by atoms with Gasteiger partial charge in [-0.05, 0) is 54.8 Å². The van der Waals surface area contributed by atoms with Gasteiger partial charge in [0.1, 0.15) is 17.4 Å². The normalized spacial score (nSPS) is 15.9. The van der Waals surface area contributed by atoms with E-state index in [4.69, 9.17) is 14.7 Å². The molecule has 4 aromatic rings. The molecule has 9 heteroatoms. The monoisotopic (exact) mass is 545 g/mol. The number of para-hydroxylation sites is 3. The van der Waals surface area contributed by atoms with Crippen LogP contribution in [0.25, 0.3) is 10.9 Å². The zero-order valence-corrected chi connectivity index (χ0v) is 23.6. The van der Waals surface area contributed by atoms with Gasteiger partial charge in [-0.25, -0.2) is 18.4 Å². The standard InChI is InChI=1S/C30H35N5O3S/c1-21(2)23-13-15-24(16-14-23)39(36,37)35-19-17-34(18-20-35)22(3)29-31-26-10-6-5-9-25(26)30(33-29)32-27-11-7-8-12-28(27)38-4/h5-16,21-22H,17-20H2,1-4H3,(H,31,32,33)/t22-/m0/s1. The third kappa shape index (κ3) is 5.61. The lowest BCUT2D eigenvalue weighted by molar-refractivity contribution is 0.141. The summed E-state index contributed by atoms with van der Waals surface area (Å²) in [5.41, 5.74) is 2.79. The minimum atomic E-state index is -3.54. The second kappa shape index (κ2) is 11.3. The van der Waals surface area contributed by atoms with Gasteiger partial charge in [-0.15, -0.1) is 0 Å². The van der Waals surface area contributed by atoms with Gasteiger partial charge in [-0.2, -0.15) is 4.31 Å². The predicted molar refractivity (Wildman–Crippen MR) is 155 cm³/mol. The van der Waals surface area contributed by atoms with Gasteiger partial charge in [0.25, 0.3) is 0 Å². The molecule has 0 saturated carbocycles. The van der Waals surface area contributed by atoms with Crippen LogP contribution in [0.1, 0.15) is 44.1 Å². The first-order chi connectivity index (χ1) is 18.8. The molecule has 1 saturated heterocycles. The van der Waals surface area contributed by atoms with E-state index in [0.29, 0.717) is 48.6 Å². The van der Waals surface area contributed by atoms with Crippen molar-refractivity contribution >= 4 is 32.4 Å². The third-order valence-corrected chi connectivity index (χ3v) is 9.27. The molecule has 0 amide bonds. The van der Waals surface area contributed by atoms with Crippen molar-refractivity contribution < 1.29 is 13.2 Å². The van der Waals surface area contributed by atoms with Gasteiger partial charge in [0, 0.05) is 31.6 Å². The molecular weight excluding hydrogens is 510 g/mol. The summed E-state index contributed by atoms with van der Waals surface area (Å²) in [6, 6.07) is 22.8. The summed E-state index contributed by atoms with van der Waals surface area (Å²) in [5.74, 6) is 2.48. The van der Waals surface area contributed by atoms with Gasteiger partial charge in [0.2, 0.25) is 10.0 Å². The second-order valence-corrected chi connectivity index (χ2v) is 12.1. The molecule has 39 heavy (non-hydrogen) atoms. The van der Waals surface area contributed by atoms with Crippen LogP contribution >= 0.6 is 0 Å². The topological polar surface area (TPSA) is 87.7 Å². The van der Waals surface area contributed by atoms with Crippen molar-refractivity contribution in [1.29, 1.82) is 0 Å². The van der Waals surface area contributed by atoms with Crippen LogP contribution in [0.3, 0.4) is 0 Å². The Morgan fingerprint density at radius 1 is 0.846 bits per heavy atom. The number of rotatable bonds is 8. The van der Waals surface area contributed by atoms with E-state index in [9.17, 15) is 8.42 Å². The largest absolute Gasteiger partial charge is 0.495 e. The van der Waals surface area contributed by atoms with Crippen molar-refractivity contribution in [3.05, 3.63) is 84.2 Å². The summed E-state index contributed by atoms with van der Waals surface area (Å²) < 4.78 is 33.7. The molecule has 0 aliphatic carbocycles. The number of nitrogens with one attached hydrogen (secondary N) is 1. The highest BCUT2D eigenvalue weighted by Crippen LogP contribution is 2.32. The molecule has 1 aliphatic heterocycles. The highest BCUT2D eigenvalue weighted by atomic mass is 32.2. The molecule has 1 atom stereocenters. The van der Waals surface area contributed by atoms with Gasteiger partial charge in [-0.1, -0.05) is 50.2 Å². The van der Waals surface area contributed by atoms with Crippen LogP contribution in [0, 0.1) is 0 Å². The molecule has 204 valence electrons. The van der Waals surface area contributed by atoms with Gasteiger partial charge >= 0.3 is 0 Å². The van der Waals surface area contributed by atoms with Gasteiger partial charge in [-0.3, -0.25) is 4.90 Å². The zero-order valence-electron chi connectivity index (χ0n) is 22.8. The Kier molecular flexibility index (Phi) is 7.83. The molecule has 1 fully saturated rings. The number of piperazine rings is 1. The van der Waals surface area contributed by atoms with E-state index < -0.39 is 10.0 Å². The van der Waals surface area contributed by atoms with E-state index in [1.807, 2.05) is 60.7 Å². The summed E-state index contributed by atoms with van der Waals surface area (Å²) >= 11 is 0. The lowest BCUT2D eigenvalue weighted by atomic mass is 10.0. The number of sulfonamides is 1. The summed E-state index contributed by atoms with van der Waals surface area (Å²) in [4.78, 5) is 12.4. The summed E-state index contributed by atoms with van der Waals surface area (Å²) in [6.45, 7) is 8.29. The average molecular weight is 546 g/mol. The average Bonchev–Trinajstić information content (AvgIpc) is 2.97. The Morgan fingerprint density at radius 2 is 1.51 bits per heavy atom. The van der Waals surface area contributed by atoms with Crippen LogP contribution in [0.2, 0.25) is 0 Å². The first kappa shape index (κ1) is 27.1. The highest BCUT2D eigenvalue weighted by molar-refractivity contribution is 7.89. The lowest BCUT2D eigenvalue weighted by Crippen LogP contribution is -2.49. The Bertz CT molecular complexity index is 1550. The maximum Gasteiger partial charge on any atom is 0.243 e. The van der Waals surface area contributed by atoms with Crippen molar-refractivity contribution in [1.82, 2.24) is 19.2 Å². The maximum atomic E-state index is 13.3. The lowest BCUT2D eigenvalue weighted by Gasteiger charge is -2.37. The smallest absolute Gasteiger partial charge is 0.243 e. The van der Waals surface area contributed by atoms with Crippen LogP contribution in [-0.2, 0) is 10.0 Å². The minimum Gasteiger partial charge on any atom is -0.495 e. The van der Waals surface area contributed by atoms with E-state index in [1.165, 1.54) is 0 Å². The minimum absolute atomic E-state index is 0.0944. The van der Waals surface area contributed by atoms with Gasteiger partial charge < -0.3 is 10.1 Å². The number of fused-ring (bicyclic) bond motifs is 1. The third-order valence-electron chi connectivity index (χ3n) is 7.36. The fourth-order valence-corrected chi connectivity index (χ4v) is 6.34. The first-order valence-electron chi connectivity index (χ1n) is 13.3. The van der Waals surface area contributed by atoms with Gasteiger partial charge in [0.15, 0.2) is 0 Å². The van der Waals surface area contributed by atoms with Crippen molar-refractivity contribution in [2.24, 2.45) is 0 Å². The Labute approximate surface area is 230 Å². The molecule has 3 aromatic carbocycles. The molecule has 1 aromatic heterocycles. The molecule has 8 nitrogen and oxygen atoms in total. The quantitative estimate of drug-likeness (QED) is 0.310. The molecule has 0 radical (unpaired) electrons. The van der Waals surface area contributed by atoms with E-state index in [0.717, 1.165) is 27.9 Å². The maximum absolute atomic E-state index is 13.3. The summed E-state index contributed by atoms with van der Waals surface area (Å²) in [5, 5.41) is 4.35. The Balaban J connectivity index is 1.35. The van der Waals surface area contributed by atoms with Crippen molar-refractivity contribution in [3.8, 4) is 5.75 Å². The Hall–Kier alpha value is -3.53. The number of anilines is 2. The molecule has 0 spiro atoms. The Morgan fingerprint density at radius 3 is 2.21 bits per heavy atom. The molecule has 5 rings (SSSR count). The highest BCUT2D eigenvalue weighted by Gasteiger charge is 2.31. The van der Waals surface area contributed by atoms with Crippen LogP contribution < -0.4 is 10.1 Å². The van der Waals surface area contributed by atoms with Crippen LogP contribution in [0.4, 0.5) is 11.5 Å². The molecule has 0 unspecified atom stereocenters. The van der Waals surface area contributed by atoms with E-state index >= 15 is 0 Å². The number of hydrogen-bond donors (Lipinski definition) is 1. The molecule has 1 aliphatic rings. The zero-order chi connectivity index (χ0) is 27.6. The molecule has 2 heterocycles. The van der Waals surface area contributed by atoms with Crippen LogP contribution in [-0.4, -0.2) is 60.9 Å². The molecular formula is C30H35N5O3S. The number of ether oxygens (including phenoxy) is 1. The molecule has 0 bridgehead atoms. The second-order valence-electron chi connectivity index (χ2n) is 10.1. The number of hydrogen-bond acceptors (Lipinski definition) is 7. The molecule has 1 N–H and O–H groups in total. The van der Waals surface area contributed by atoms with Crippen molar-refractivity contribution in [3.63, 3.8) is 0 Å². The fourth-order valence-electron chi connectivity index (χ4n) is 4.92. The summed E-state index contributed by atoms with van der Waals surface area (Å²) in [7, 11) is -1.90. The van der Waals surface area contributed by atoms with Crippen molar-refractivity contribution in [2.45, 2.75) is 37.6 Å². The van der Waals surface area contributed by atoms with Crippen LogP contribution in [0.5, 0.6) is 5.75 Å². The number of aromatic nitrogens is 2. The van der Waals surface area contributed by atoms with E-state index in [1.54, 1.807) is 23.5 Å². The van der Waals surface area contributed by atoms with Crippen LogP contribution in [0.15, 0.2) is 77.7 Å². The number of methoxy groups -OCH3 is 1. The number of nitrogens with zero attached hydrogens (tertiary/aromatic N) is 4. The SMILES string of the molecule is COc1ccccc1Nc1nc([C@H](C)N2CCN(S(=O)(=O)c3ccc(C(C)C)cc3)CC2)nc2ccccc12. The van der Waals surface area contributed by atoms with Gasteiger partial charge in [0.05, 0.1) is 29.3 Å². The fraction of sp³-hybridized carbons (Fsp3) is 0.333. The van der Waals surface area contributed by atoms with Crippen molar-refractivity contribution in [2.75, 3.05) is 38.6 Å². The first-order valence-corrected chi connectivity index (χ1v) is 14.7. The predicted octanol–water partition coefficient (Wildman–Crippen LogP) is 5.57. The van der Waals surface area contributed by atoms with E-state index in [-0.39, 0.29) is 6.04 Å². The van der Waals surface area contributed by atoms with E-state index in [2.05, 4.69) is 31.0 Å².